The highest BCUT2D eigenvalue weighted by molar-refractivity contribution is 5.95. The Morgan fingerprint density at radius 1 is 1.50 bits per heavy atom. The Hall–Kier alpha value is -1.91. The van der Waals surface area contributed by atoms with Crippen LogP contribution in [0.1, 0.15) is 37.0 Å². The molecule has 0 aromatic heterocycles. The number of nitro benzene ring substituents is 1. The summed E-state index contributed by atoms with van der Waals surface area (Å²) < 4.78 is 0. The van der Waals surface area contributed by atoms with Crippen molar-refractivity contribution in [2.24, 2.45) is 0 Å². The smallest absolute Gasteiger partial charge is 0.293 e. The summed E-state index contributed by atoms with van der Waals surface area (Å²) in [5, 5.41) is 11.1. The molecule has 0 spiro atoms. The molecule has 1 aliphatic rings. The fourth-order valence-corrected chi connectivity index (χ4v) is 2.14. The highest BCUT2D eigenvalue weighted by Gasteiger charge is 2.32. The maximum atomic E-state index is 11.3. The maximum absolute atomic E-state index is 11.3. The zero-order valence-electron chi connectivity index (χ0n) is 10.5. The quantitative estimate of drug-likeness (QED) is 0.456. The van der Waals surface area contributed by atoms with Crippen molar-refractivity contribution in [3.63, 3.8) is 0 Å². The standard InChI is InChI=1S/C13H16N2O3/c1-3-14(11-5-6-11)12-7-4-10(9(2)16)8-13(12)15(17)18/h4,7-8,11H,3,5-6H2,1-2H3. The fourth-order valence-electron chi connectivity index (χ4n) is 2.14. The van der Waals surface area contributed by atoms with E-state index in [4.69, 9.17) is 0 Å². The van der Waals surface area contributed by atoms with E-state index in [1.54, 1.807) is 12.1 Å². The Kier molecular flexibility index (Phi) is 3.32. The van der Waals surface area contributed by atoms with Gasteiger partial charge in [-0.15, -0.1) is 0 Å². The second-order valence-corrected chi connectivity index (χ2v) is 4.53. The molecule has 0 saturated heterocycles. The van der Waals surface area contributed by atoms with Crippen molar-refractivity contribution in [3.8, 4) is 0 Å². The van der Waals surface area contributed by atoms with Crippen LogP contribution in [0.2, 0.25) is 0 Å². The normalized spacial score (nSPS) is 14.3. The van der Waals surface area contributed by atoms with Crippen LogP contribution in [0.5, 0.6) is 0 Å². The third-order valence-corrected chi connectivity index (χ3v) is 3.22. The van der Waals surface area contributed by atoms with E-state index >= 15 is 0 Å². The predicted molar refractivity (Wildman–Crippen MR) is 69.1 cm³/mol. The van der Waals surface area contributed by atoms with Crippen LogP contribution in [0.25, 0.3) is 0 Å². The van der Waals surface area contributed by atoms with Gasteiger partial charge >= 0.3 is 0 Å². The molecule has 0 amide bonds. The van der Waals surface area contributed by atoms with Crippen molar-refractivity contribution in [1.82, 2.24) is 0 Å². The van der Waals surface area contributed by atoms with Gasteiger partial charge in [0.1, 0.15) is 5.69 Å². The number of ketones is 1. The monoisotopic (exact) mass is 248 g/mol. The van der Waals surface area contributed by atoms with Gasteiger partial charge in [0.2, 0.25) is 0 Å². The molecule has 18 heavy (non-hydrogen) atoms. The number of Topliss-reactive ketones (excluding diaryl/α,β-unsaturated/α-hetero) is 1. The van der Waals surface area contributed by atoms with Gasteiger partial charge in [0.05, 0.1) is 4.92 Å². The molecule has 0 bridgehead atoms. The number of carbonyl (C=O) groups excluding carboxylic acids is 1. The van der Waals surface area contributed by atoms with Crippen LogP contribution < -0.4 is 4.90 Å². The minimum absolute atomic E-state index is 0.0245. The van der Waals surface area contributed by atoms with Gasteiger partial charge in [-0.05, 0) is 38.8 Å². The Balaban J connectivity index is 2.45. The van der Waals surface area contributed by atoms with Crippen molar-refractivity contribution < 1.29 is 9.72 Å². The second-order valence-electron chi connectivity index (χ2n) is 4.53. The van der Waals surface area contributed by atoms with E-state index in [1.807, 2.05) is 11.8 Å². The van der Waals surface area contributed by atoms with Gasteiger partial charge in [-0.25, -0.2) is 0 Å². The molecule has 5 heteroatoms. The molecule has 1 fully saturated rings. The highest BCUT2D eigenvalue weighted by Crippen LogP contribution is 2.37. The van der Waals surface area contributed by atoms with Gasteiger partial charge in [-0.2, -0.15) is 0 Å². The second kappa shape index (κ2) is 4.76. The Bertz CT molecular complexity index is 495. The van der Waals surface area contributed by atoms with E-state index in [0.717, 1.165) is 19.4 Å². The number of hydrogen-bond donors (Lipinski definition) is 0. The molecule has 1 aromatic rings. The van der Waals surface area contributed by atoms with Crippen LogP contribution in [0.4, 0.5) is 11.4 Å². The van der Waals surface area contributed by atoms with E-state index in [9.17, 15) is 14.9 Å². The van der Waals surface area contributed by atoms with Gasteiger partial charge in [0, 0.05) is 24.2 Å². The summed E-state index contributed by atoms with van der Waals surface area (Å²) in [6, 6.07) is 5.15. The van der Waals surface area contributed by atoms with Crippen molar-refractivity contribution in [3.05, 3.63) is 33.9 Å². The van der Waals surface area contributed by atoms with Crippen LogP contribution in [0.15, 0.2) is 18.2 Å². The molecule has 5 nitrogen and oxygen atoms in total. The molecular formula is C13H16N2O3. The molecule has 1 saturated carbocycles. The SMILES string of the molecule is CCN(c1ccc(C(C)=O)cc1[N+](=O)[O-])C1CC1. The Morgan fingerprint density at radius 2 is 2.17 bits per heavy atom. The Labute approximate surface area is 106 Å². The molecule has 1 aromatic carbocycles. The van der Waals surface area contributed by atoms with Crippen LogP contribution in [0, 0.1) is 10.1 Å². The molecule has 0 N–H and O–H groups in total. The van der Waals surface area contributed by atoms with Crippen LogP contribution >= 0.6 is 0 Å². The van der Waals surface area contributed by atoms with Crippen LogP contribution in [-0.4, -0.2) is 23.3 Å². The molecule has 96 valence electrons. The number of anilines is 1. The molecule has 2 rings (SSSR count). The molecule has 0 heterocycles. The summed E-state index contributed by atoms with van der Waals surface area (Å²) in [4.78, 5) is 24.0. The minimum Gasteiger partial charge on any atom is -0.363 e. The molecule has 0 aliphatic heterocycles. The van der Waals surface area contributed by atoms with Crippen molar-refractivity contribution in [1.29, 1.82) is 0 Å². The summed E-state index contributed by atoms with van der Waals surface area (Å²) in [6.45, 7) is 4.14. The first kappa shape index (κ1) is 12.5. The van der Waals surface area contributed by atoms with E-state index in [2.05, 4.69) is 0 Å². The average Bonchev–Trinajstić information content (AvgIpc) is 3.14. The number of nitro groups is 1. The molecule has 0 radical (unpaired) electrons. The van der Waals surface area contributed by atoms with Gasteiger partial charge in [0.15, 0.2) is 5.78 Å². The summed E-state index contributed by atoms with van der Waals surface area (Å²) >= 11 is 0. The zero-order valence-corrected chi connectivity index (χ0v) is 10.5. The first-order chi connectivity index (χ1) is 8.54. The maximum Gasteiger partial charge on any atom is 0.293 e. The zero-order chi connectivity index (χ0) is 13.3. The number of hydrogen-bond acceptors (Lipinski definition) is 4. The van der Waals surface area contributed by atoms with Crippen LogP contribution in [0.3, 0.4) is 0 Å². The number of rotatable bonds is 5. The summed E-state index contributed by atoms with van der Waals surface area (Å²) in [5.41, 5.74) is 1.03. The molecule has 1 aliphatic carbocycles. The minimum atomic E-state index is -0.410. The van der Waals surface area contributed by atoms with Gasteiger partial charge in [-0.1, -0.05) is 0 Å². The highest BCUT2D eigenvalue weighted by atomic mass is 16.6. The third-order valence-electron chi connectivity index (χ3n) is 3.22. The van der Waals surface area contributed by atoms with E-state index in [0.29, 0.717) is 17.3 Å². The molecular weight excluding hydrogens is 232 g/mol. The fraction of sp³-hybridized carbons (Fsp3) is 0.462. The van der Waals surface area contributed by atoms with Gasteiger partial charge in [-0.3, -0.25) is 14.9 Å². The van der Waals surface area contributed by atoms with Gasteiger partial charge < -0.3 is 4.90 Å². The molecule has 0 atom stereocenters. The first-order valence-electron chi connectivity index (χ1n) is 6.10. The predicted octanol–water partition coefficient (Wildman–Crippen LogP) is 2.79. The lowest BCUT2D eigenvalue weighted by Gasteiger charge is -2.22. The van der Waals surface area contributed by atoms with Crippen molar-refractivity contribution in [2.45, 2.75) is 32.7 Å². The average molecular weight is 248 g/mol. The summed E-state index contributed by atoms with van der Waals surface area (Å²) in [7, 11) is 0. The molecule has 0 unspecified atom stereocenters. The van der Waals surface area contributed by atoms with Crippen LogP contribution in [-0.2, 0) is 0 Å². The number of nitrogens with zero attached hydrogens (tertiary/aromatic N) is 2. The Morgan fingerprint density at radius 3 is 2.61 bits per heavy atom. The third kappa shape index (κ3) is 2.34. The lowest BCUT2D eigenvalue weighted by molar-refractivity contribution is -0.384. The van der Waals surface area contributed by atoms with Crippen molar-refractivity contribution >= 4 is 17.2 Å². The van der Waals surface area contributed by atoms with E-state index < -0.39 is 4.92 Å². The number of carbonyl (C=O) groups is 1. The first-order valence-corrected chi connectivity index (χ1v) is 6.10. The number of benzene rings is 1. The van der Waals surface area contributed by atoms with E-state index in [-0.39, 0.29) is 11.5 Å². The summed E-state index contributed by atoms with van der Waals surface area (Å²) in [5.74, 6) is -0.154. The van der Waals surface area contributed by atoms with Gasteiger partial charge in [0.25, 0.3) is 5.69 Å². The largest absolute Gasteiger partial charge is 0.363 e. The summed E-state index contributed by atoms with van der Waals surface area (Å²) in [6.07, 6.45) is 2.17. The lowest BCUT2D eigenvalue weighted by Crippen LogP contribution is -2.25. The topological polar surface area (TPSA) is 63.5 Å². The van der Waals surface area contributed by atoms with Crippen molar-refractivity contribution in [2.75, 3.05) is 11.4 Å². The lowest BCUT2D eigenvalue weighted by atomic mass is 10.1. The van der Waals surface area contributed by atoms with E-state index in [1.165, 1.54) is 13.0 Å².